The Bertz CT molecular complexity index is 511. The number of carbonyl (C=O) groups is 4. The smallest absolute Gasteiger partial charge is 0.323 e. The maximum Gasteiger partial charge on any atom is 0.323 e. The van der Waals surface area contributed by atoms with Crippen LogP contribution in [0, 0.1) is 0 Å². The minimum Gasteiger partial charge on any atom is -0.480 e. The molecule has 0 fully saturated rings. The molecule has 0 aromatic heterocycles. The highest BCUT2D eigenvalue weighted by molar-refractivity contribution is 8.77. The van der Waals surface area contributed by atoms with Crippen LogP contribution in [0.4, 0.5) is 0 Å². The first-order chi connectivity index (χ1) is 14.0. The summed E-state index contributed by atoms with van der Waals surface area (Å²) in [5.74, 6) is -1.77. The molecule has 0 heterocycles. The highest BCUT2D eigenvalue weighted by Crippen LogP contribution is 2.23. The lowest BCUT2D eigenvalue weighted by Gasteiger charge is -2.10. The summed E-state index contributed by atoms with van der Waals surface area (Å²) in [4.78, 5) is 42.4. The Morgan fingerprint density at radius 1 is 0.625 bits per heavy atom. The molecule has 4 unspecified atom stereocenters. The Kier molecular flexibility index (Phi) is 29.0. The van der Waals surface area contributed by atoms with Crippen molar-refractivity contribution in [2.75, 3.05) is 37.2 Å². The summed E-state index contributed by atoms with van der Waals surface area (Å²) in [6.07, 6.45) is 0. The Balaban J connectivity index is -0.000000232. The Morgan fingerprint density at radius 2 is 0.844 bits per heavy atom. The van der Waals surface area contributed by atoms with Crippen LogP contribution in [0.1, 0.15) is 0 Å². The number of carboxylic acid groups (broad SMARTS) is 2. The zero-order valence-electron chi connectivity index (χ0n) is 17.2. The highest BCUT2D eigenvalue weighted by atomic mass is 35.5. The maximum absolute atomic E-state index is 10.9. The van der Waals surface area contributed by atoms with Crippen molar-refractivity contribution >= 4 is 91.9 Å². The molecule has 0 saturated heterocycles. The molecule has 4 atom stereocenters. The van der Waals surface area contributed by atoms with Crippen molar-refractivity contribution in [1.29, 1.82) is 0 Å². The van der Waals surface area contributed by atoms with Crippen LogP contribution in [0.5, 0.6) is 0 Å². The van der Waals surface area contributed by atoms with Gasteiger partial charge in [0.2, 0.25) is 0 Å². The first-order valence-corrected chi connectivity index (χ1v) is 13.1. The number of rotatable bonds is 14. The van der Waals surface area contributed by atoms with Crippen LogP contribution in [0.15, 0.2) is 0 Å². The van der Waals surface area contributed by atoms with Crippen LogP contribution < -0.4 is 22.9 Å². The van der Waals surface area contributed by atoms with Gasteiger partial charge in [0.25, 0.3) is 0 Å². The van der Waals surface area contributed by atoms with Crippen molar-refractivity contribution in [3.63, 3.8) is 0 Å². The number of hydrogen-bond donors (Lipinski definition) is 6. The van der Waals surface area contributed by atoms with Crippen LogP contribution in [0.3, 0.4) is 0 Å². The fourth-order valence-electron chi connectivity index (χ4n) is 1.07. The van der Waals surface area contributed by atoms with Gasteiger partial charge in [0.15, 0.2) is 0 Å². The van der Waals surface area contributed by atoms with E-state index in [1.54, 1.807) is 0 Å². The third-order valence-corrected chi connectivity index (χ3v) is 7.75. The second-order valence-corrected chi connectivity index (χ2v) is 10.4. The molecule has 192 valence electrons. The predicted molar refractivity (Wildman–Crippen MR) is 136 cm³/mol. The molecule has 12 nitrogen and oxygen atoms in total. The molecule has 0 amide bonds. The summed E-state index contributed by atoms with van der Waals surface area (Å²) in [5, 5.41) is 16.8. The van der Waals surface area contributed by atoms with Gasteiger partial charge in [-0.25, -0.2) is 0 Å². The fraction of sp³-hybridized carbons (Fsp3) is 0.714. The monoisotopic (exact) mass is 580 g/mol. The summed E-state index contributed by atoms with van der Waals surface area (Å²) in [6.45, 7) is 0. The SMILES string of the molecule is COC(=O)C(N)CSSCC(N)C(=O)OC.Cl.Cl.NC(CSSCC(N)C(=O)O)C(=O)O. The minimum atomic E-state index is -1.07. The molecule has 0 aromatic carbocycles. The van der Waals surface area contributed by atoms with E-state index in [-0.39, 0.29) is 36.3 Å². The molecule has 0 spiro atoms. The zero-order valence-corrected chi connectivity index (χ0v) is 22.1. The number of aliphatic carboxylic acids is 2. The van der Waals surface area contributed by atoms with E-state index >= 15 is 0 Å². The molecular weight excluding hydrogens is 551 g/mol. The molecule has 18 heteroatoms. The van der Waals surface area contributed by atoms with E-state index in [0.29, 0.717) is 11.5 Å². The second kappa shape index (κ2) is 23.8. The van der Waals surface area contributed by atoms with Gasteiger partial charge in [-0.15, -0.1) is 24.8 Å². The van der Waals surface area contributed by atoms with Crippen molar-refractivity contribution in [3.8, 4) is 0 Å². The van der Waals surface area contributed by atoms with Gasteiger partial charge in [0.1, 0.15) is 24.2 Å². The van der Waals surface area contributed by atoms with E-state index < -0.39 is 48.0 Å². The number of hydrogen-bond acceptors (Lipinski definition) is 14. The van der Waals surface area contributed by atoms with E-state index in [1.165, 1.54) is 57.4 Å². The molecular formula is C14H30Cl2N4O8S4. The number of halogens is 2. The first kappa shape index (κ1) is 38.9. The van der Waals surface area contributed by atoms with E-state index in [9.17, 15) is 19.2 Å². The van der Waals surface area contributed by atoms with Gasteiger partial charge in [0.05, 0.1) is 14.2 Å². The highest BCUT2D eigenvalue weighted by Gasteiger charge is 2.16. The largest absolute Gasteiger partial charge is 0.480 e. The summed E-state index contributed by atoms with van der Waals surface area (Å²) >= 11 is 0. The number of carboxylic acids is 2. The van der Waals surface area contributed by atoms with Crippen molar-refractivity contribution in [2.24, 2.45) is 22.9 Å². The van der Waals surface area contributed by atoms with Crippen LogP contribution in [-0.4, -0.2) is 95.5 Å². The molecule has 0 saturated carbocycles. The molecule has 32 heavy (non-hydrogen) atoms. The average molecular weight is 582 g/mol. The maximum atomic E-state index is 10.9. The number of carbonyl (C=O) groups excluding carboxylic acids is 2. The molecule has 0 aliphatic carbocycles. The van der Waals surface area contributed by atoms with Gasteiger partial charge in [-0.2, -0.15) is 0 Å². The molecule has 0 aliphatic rings. The molecule has 0 bridgehead atoms. The van der Waals surface area contributed by atoms with E-state index in [0.717, 1.165) is 0 Å². The molecule has 0 radical (unpaired) electrons. The first-order valence-electron chi connectivity index (χ1n) is 8.10. The fourth-order valence-corrected chi connectivity index (χ4v) is 5.51. The lowest BCUT2D eigenvalue weighted by molar-refractivity contribution is -0.142. The minimum absolute atomic E-state index is 0. The van der Waals surface area contributed by atoms with Crippen LogP contribution in [-0.2, 0) is 28.7 Å². The number of ether oxygens (including phenoxy) is 2. The lowest BCUT2D eigenvalue weighted by atomic mass is 10.4. The van der Waals surface area contributed by atoms with Gasteiger partial charge < -0.3 is 42.6 Å². The van der Waals surface area contributed by atoms with Gasteiger partial charge in [0, 0.05) is 23.0 Å². The third-order valence-electron chi connectivity index (χ3n) is 2.80. The third kappa shape index (κ3) is 21.5. The number of methoxy groups -OCH3 is 2. The number of esters is 2. The lowest BCUT2D eigenvalue weighted by Crippen LogP contribution is -2.34. The van der Waals surface area contributed by atoms with Gasteiger partial charge >= 0.3 is 23.9 Å². The van der Waals surface area contributed by atoms with Crippen molar-refractivity contribution < 1.29 is 38.9 Å². The van der Waals surface area contributed by atoms with Crippen LogP contribution in [0.25, 0.3) is 0 Å². The van der Waals surface area contributed by atoms with Crippen LogP contribution in [0.2, 0.25) is 0 Å². The van der Waals surface area contributed by atoms with Crippen molar-refractivity contribution in [1.82, 2.24) is 0 Å². The Labute approximate surface area is 214 Å². The van der Waals surface area contributed by atoms with Gasteiger partial charge in [-0.05, 0) is 0 Å². The molecule has 10 N–H and O–H groups in total. The summed E-state index contributed by atoms with van der Waals surface area (Å²) in [6, 6.07) is -3.16. The van der Waals surface area contributed by atoms with Gasteiger partial charge in [-0.1, -0.05) is 43.2 Å². The summed E-state index contributed by atoms with van der Waals surface area (Å²) in [5.41, 5.74) is 21.4. The summed E-state index contributed by atoms with van der Waals surface area (Å²) < 4.78 is 8.92. The quantitative estimate of drug-likeness (QED) is 0.0854. The average Bonchev–Trinajstić information content (AvgIpc) is 2.72. The molecule has 0 aromatic rings. The second-order valence-electron chi connectivity index (χ2n) is 5.29. The van der Waals surface area contributed by atoms with E-state index in [1.807, 2.05) is 0 Å². The van der Waals surface area contributed by atoms with Crippen LogP contribution >= 0.6 is 68.0 Å². The standard InChI is InChI=1S/C8H16N2O4S2.C6H12N2O4S2.2ClH/c1-13-7(11)5(9)3-15-16-4-6(10)8(12)14-2;7-3(5(9)10)1-13-14-2-4(8)6(11)12;;/h5-6H,3-4,9-10H2,1-2H3;3-4H,1-2,7-8H2,(H,9,10)(H,11,12);2*1H. The Hall–Kier alpha value is -0.300. The van der Waals surface area contributed by atoms with Gasteiger partial charge in [-0.3, -0.25) is 19.2 Å². The molecule has 0 rings (SSSR count). The van der Waals surface area contributed by atoms with Crippen molar-refractivity contribution in [2.45, 2.75) is 24.2 Å². The number of nitrogens with two attached hydrogens (primary N) is 4. The van der Waals surface area contributed by atoms with E-state index in [4.69, 9.17) is 33.1 Å². The zero-order chi connectivity index (χ0) is 23.7. The summed E-state index contributed by atoms with van der Waals surface area (Å²) in [7, 11) is 7.70. The molecule has 0 aliphatic heterocycles. The Morgan fingerprint density at radius 3 is 1.03 bits per heavy atom. The topological polar surface area (TPSA) is 231 Å². The predicted octanol–water partition coefficient (Wildman–Crippen LogP) is -0.596. The normalized spacial score (nSPS) is 13.4. The van der Waals surface area contributed by atoms with E-state index in [2.05, 4.69) is 9.47 Å². The van der Waals surface area contributed by atoms with Crippen molar-refractivity contribution in [3.05, 3.63) is 0 Å².